The SMILES string of the molecule is O=S(=O)(Cl)c1cc(OC(F)F)c(F)cc1F. The highest BCUT2D eigenvalue weighted by molar-refractivity contribution is 8.13. The maximum atomic E-state index is 12.9. The van der Waals surface area contributed by atoms with Gasteiger partial charge in [-0.3, -0.25) is 0 Å². The number of benzene rings is 1. The van der Waals surface area contributed by atoms with Gasteiger partial charge in [0.15, 0.2) is 11.6 Å². The second-order valence-corrected chi connectivity index (χ2v) is 5.06. The maximum absolute atomic E-state index is 12.9. The molecule has 3 nitrogen and oxygen atoms in total. The van der Waals surface area contributed by atoms with E-state index >= 15 is 0 Å². The molecule has 0 bridgehead atoms. The summed E-state index contributed by atoms with van der Waals surface area (Å²) in [4.78, 5) is -1.13. The zero-order chi connectivity index (χ0) is 12.5. The molecule has 16 heavy (non-hydrogen) atoms. The lowest BCUT2D eigenvalue weighted by Crippen LogP contribution is -2.06. The van der Waals surface area contributed by atoms with Crippen LogP contribution in [0.3, 0.4) is 0 Å². The molecule has 0 atom stereocenters. The first-order valence-corrected chi connectivity index (χ1v) is 5.91. The number of alkyl halides is 2. The molecular formula is C7H3ClF4O3S. The van der Waals surface area contributed by atoms with Crippen molar-refractivity contribution in [3.05, 3.63) is 23.8 Å². The smallest absolute Gasteiger partial charge is 0.387 e. The van der Waals surface area contributed by atoms with E-state index in [1.54, 1.807) is 0 Å². The highest BCUT2D eigenvalue weighted by Gasteiger charge is 2.21. The molecule has 0 unspecified atom stereocenters. The zero-order valence-electron chi connectivity index (χ0n) is 7.25. The van der Waals surface area contributed by atoms with Crippen molar-refractivity contribution in [3.8, 4) is 5.75 Å². The van der Waals surface area contributed by atoms with E-state index in [-0.39, 0.29) is 12.1 Å². The Hall–Kier alpha value is -1.02. The Morgan fingerprint density at radius 3 is 2.19 bits per heavy atom. The van der Waals surface area contributed by atoms with E-state index in [2.05, 4.69) is 4.74 Å². The van der Waals surface area contributed by atoms with E-state index in [9.17, 15) is 26.0 Å². The average molecular weight is 279 g/mol. The summed E-state index contributed by atoms with van der Waals surface area (Å²) in [5, 5.41) is 0. The molecule has 0 aliphatic rings. The molecule has 0 fully saturated rings. The summed E-state index contributed by atoms with van der Waals surface area (Å²) in [6.45, 7) is -3.37. The van der Waals surface area contributed by atoms with Crippen molar-refractivity contribution in [2.45, 2.75) is 11.5 Å². The van der Waals surface area contributed by atoms with Crippen LogP contribution in [0.5, 0.6) is 5.75 Å². The Bertz CT molecular complexity index is 503. The number of rotatable bonds is 3. The molecule has 0 heterocycles. The van der Waals surface area contributed by atoms with Gasteiger partial charge in [0, 0.05) is 22.8 Å². The molecule has 0 amide bonds. The molecule has 0 aliphatic carbocycles. The Kier molecular flexibility index (Phi) is 3.64. The quantitative estimate of drug-likeness (QED) is 0.630. The highest BCUT2D eigenvalue weighted by atomic mass is 35.7. The molecule has 0 saturated heterocycles. The van der Waals surface area contributed by atoms with Crippen molar-refractivity contribution in [2.75, 3.05) is 0 Å². The highest BCUT2D eigenvalue weighted by Crippen LogP contribution is 2.28. The number of ether oxygens (including phenoxy) is 1. The lowest BCUT2D eigenvalue weighted by molar-refractivity contribution is -0.0524. The van der Waals surface area contributed by atoms with Crippen molar-refractivity contribution in [3.63, 3.8) is 0 Å². The molecule has 0 saturated carbocycles. The van der Waals surface area contributed by atoms with E-state index < -0.39 is 37.9 Å². The summed E-state index contributed by atoms with van der Waals surface area (Å²) < 4.78 is 74.5. The van der Waals surface area contributed by atoms with Crippen LogP contribution in [0.2, 0.25) is 0 Å². The Balaban J connectivity index is 3.33. The number of halogens is 5. The predicted molar refractivity (Wildman–Crippen MR) is 46.0 cm³/mol. The van der Waals surface area contributed by atoms with E-state index in [0.717, 1.165) is 0 Å². The van der Waals surface area contributed by atoms with Crippen LogP contribution < -0.4 is 4.74 Å². The largest absolute Gasteiger partial charge is 0.432 e. The molecule has 1 rings (SSSR count). The van der Waals surface area contributed by atoms with Gasteiger partial charge in [-0.05, 0) is 0 Å². The fraction of sp³-hybridized carbons (Fsp3) is 0.143. The second-order valence-electron chi connectivity index (χ2n) is 2.53. The standard InChI is InChI=1S/C7H3ClF4O3S/c8-16(13,14)6-2-5(15-7(11)12)3(9)1-4(6)10/h1-2,7H. The third-order valence-corrected chi connectivity index (χ3v) is 2.80. The van der Waals surface area contributed by atoms with Gasteiger partial charge >= 0.3 is 6.61 Å². The van der Waals surface area contributed by atoms with Crippen molar-refractivity contribution < 1.29 is 30.7 Å². The van der Waals surface area contributed by atoms with Crippen LogP contribution in [0.1, 0.15) is 0 Å². The van der Waals surface area contributed by atoms with E-state index in [1.165, 1.54) is 0 Å². The molecule has 0 N–H and O–H groups in total. The molecule has 0 radical (unpaired) electrons. The Morgan fingerprint density at radius 2 is 1.75 bits per heavy atom. The van der Waals surface area contributed by atoms with Gasteiger partial charge in [-0.15, -0.1) is 0 Å². The summed E-state index contributed by atoms with van der Waals surface area (Å²) in [5.74, 6) is -4.05. The fourth-order valence-corrected chi connectivity index (χ4v) is 1.78. The van der Waals surface area contributed by atoms with Gasteiger partial charge < -0.3 is 4.74 Å². The van der Waals surface area contributed by atoms with Gasteiger partial charge in [-0.2, -0.15) is 8.78 Å². The molecule has 0 spiro atoms. The fourth-order valence-electron chi connectivity index (χ4n) is 0.884. The van der Waals surface area contributed by atoms with Crippen molar-refractivity contribution in [1.29, 1.82) is 0 Å². The molecule has 1 aromatic rings. The molecule has 0 aliphatic heterocycles. The maximum Gasteiger partial charge on any atom is 0.387 e. The average Bonchev–Trinajstić information content (AvgIpc) is 2.06. The Morgan fingerprint density at radius 1 is 1.19 bits per heavy atom. The van der Waals surface area contributed by atoms with Crippen LogP contribution in [0.15, 0.2) is 17.0 Å². The summed E-state index contributed by atoms with van der Waals surface area (Å²) in [6, 6.07) is 0.339. The topological polar surface area (TPSA) is 43.4 Å². The Labute approximate surface area is 92.0 Å². The first-order chi connectivity index (χ1) is 7.21. The molecule has 9 heteroatoms. The zero-order valence-corrected chi connectivity index (χ0v) is 8.83. The monoisotopic (exact) mass is 278 g/mol. The van der Waals surface area contributed by atoms with Crippen LogP contribution in [-0.2, 0) is 9.05 Å². The van der Waals surface area contributed by atoms with Gasteiger partial charge in [-0.1, -0.05) is 0 Å². The van der Waals surface area contributed by atoms with Crippen molar-refractivity contribution in [1.82, 2.24) is 0 Å². The lowest BCUT2D eigenvalue weighted by atomic mass is 10.3. The predicted octanol–water partition coefficient (Wildman–Crippen LogP) is 2.49. The van der Waals surface area contributed by atoms with Crippen molar-refractivity contribution >= 4 is 19.7 Å². The minimum atomic E-state index is -4.50. The first kappa shape index (κ1) is 13.0. The van der Waals surface area contributed by atoms with Gasteiger partial charge in [-0.25, -0.2) is 17.2 Å². The first-order valence-electron chi connectivity index (χ1n) is 3.60. The number of hydrogen-bond acceptors (Lipinski definition) is 3. The molecular weight excluding hydrogens is 276 g/mol. The van der Waals surface area contributed by atoms with Gasteiger partial charge in [0.25, 0.3) is 9.05 Å². The second kappa shape index (κ2) is 4.46. The van der Waals surface area contributed by atoms with Crippen molar-refractivity contribution in [2.24, 2.45) is 0 Å². The summed E-state index contributed by atoms with van der Waals surface area (Å²) >= 11 is 0. The van der Waals surface area contributed by atoms with Crippen LogP contribution in [-0.4, -0.2) is 15.0 Å². The minimum Gasteiger partial charge on any atom is -0.432 e. The van der Waals surface area contributed by atoms with E-state index in [0.29, 0.717) is 0 Å². The van der Waals surface area contributed by atoms with E-state index in [1.807, 2.05) is 0 Å². The summed E-state index contributed by atoms with van der Waals surface area (Å²) in [5.41, 5.74) is 0. The van der Waals surface area contributed by atoms with E-state index in [4.69, 9.17) is 10.7 Å². The van der Waals surface area contributed by atoms with Crippen LogP contribution in [0, 0.1) is 11.6 Å². The van der Waals surface area contributed by atoms with Gasteiger partial charge in [0.05, 0.1) is 0 Å². The molecule has 90 valence electrons. The van der Waals surface area contributed by atoms with Crippen LogP contribution in [0.4, 0.5) is 17.6 Å². The number of hydrogen-bond donors (Lipinski definition) is 0. The minimum absolute atomic E-state index is 0.0903. The molecule has 1 aromatic carbocycles. The molecule has 0 aromatic heterocycles. The van der Waals surface area contributed by atoms with Crippen LogP contribution in [0.25, 0.3) is 0 Å². The lowest BCUT2D eigenvalue weighted by Gasteiger charge is -2.07. The third-order valence-electron chi connectivity index (χ3n) is 1.47. The van der Waals surface area contributed by atoms with Gasteiger partial charge in [0.1, 0.15) is 10.7 Å². The van der Waals surface area contributed by atoms with Gasteiger partial charge in [0.2, 0.25) is 0 Å². The summed E-state index contributed by atoms with van der Waals surface area (Å²) in [6.07, 6.45) is 0. The van der Waals surface area contributed by atoms with Crippen LogP contribution >= 0.6 is 10.7 Å². The normalized spacial score (nSPS) is 11.9. The third kappa shape index (κ3) is 2.99. The summed E-state index contributed by atoms with van der Waals surface area (Å²) in [7, 11) is 0.289.